The highest BCUT2D eigenvalue weighted by Gasteiger charge is 2.30. The molecule has 0 unspecified atom stereocenters. The van der Waals surface area contributed by atoms with E-state index in [1.165, 1.54) is 35.9 Å². The molecule has 1 saturated heterocycles. The summed E-state index contributed by atoms with van der Waals surface area (Å²) in [6, 6.07) is 16.1. The van der Waals surface area contributed by atoms with E-state index in [0.717, 1.165) is 0 Å². The number of thioether (sulfide) groups is 1. The Morgan fingerprint density at radius 2 is 1.94 bits per heavy atom. The monoisotopic (exact) mass is 436 g/mol. The molecule has 8 heteroatoms. The standard InChI is InChI=1S/C23H17FN2O4S/c1-26-21(27)20(13-18-10-11-19(30-18)15-4-3-5-16(24)12-15)31-23(26)25-17-8-6-14(7-9-17)22(28)29-2/h3-13H,1-2H3/b20-13-,25-23?. The Kier molecular flexibility index (Phi) is 5.73. The number of carbonyl (C=O) groups excluding carboxylic acids is 2. The number of furan rings is 1. The Balaban J connectivity index is 1.55. The summed E-state index contributed by atoms with van der Waals surface area (Å²) in [5.74, 6) is 0.000937. The van der Waals surface area contributed by atoms with Crippen molar-refractivity contribution in [3.05, 3.63) is 82.7 Å². The molecule has 1 aromatic heterocycles. The number of methoxy groups -OCH3 is 1. The first-order valence-corrected chi connectivity index (χ1v) is 10.1. The predicted octanol–water partition coefficient (Wildman–Crippen LogP) is 5.11. The van der Waals surface area contributed by atoms with Gasteiger partial charge in [0, 0.05) is 18.7 Å². The van der Waals surface area contributed by atoms with E-state index in [1.54, 1.807) is 61.7 Å². The summed E-state index contributed by atoms with van der Waals surface area (Å²) in [4.78, 5) is 30.5. The number of rotatable bonds is 4. The van der Waals surface area contributed by atoms with Gasteiger partial charge in [-0.15, -0.1) is 0 Å². The van der Waals surface area contributed by atoms with Crippen LogP contribution in [0.1, 0.15) is 16.1 Å². The fraction of sp³-hybridized carbons (Fsp3) is 0.0870. The van der Waals surface area contributed by atoms with Gasteiger partial charge in [0.1, 0.15) is 17.3 Å². The zero-order chi connectivity index (χ0) is 22.0. The highest BCUT2D eigenvalue weighted by atomic mass is 32.2. The Morgan fingerprint density at radius 1 is 1.16 bits per heavy atom. The van der Waals surface area contributed by atoms with Gasteiger partial charge in [0.25, 0.3) is 5.91 Å². The molecule has 0 N–H and O–H groups in total. The number of carbonyl (C=O) groups is 2. The van der Waals surface area contributed by atoms with Crippen molar-refractivity contribution in [1.82, 2.24) is 4.90 Å². The summed E-state index contributed by atoms with van der Waals surface area (Å²) in [6.45, 7) is 0. The van der Waals surface area contributed by atoms with Crippen molar-refractivity contribution >= 4 is 40.6 Å². The molecule has 0 spiro atoms. The molecule has 1 amide bonds. The maximum Gasteiger partial charge on any atom is 0.337 e. The lowest BCUT2D eigenvalue weighted by molar-refractivity contribution is -0.121. The van der Waals surface area contributed by atoms with E-state index in [0.29, 0.717) is 38.4 Å². The SMILES string of the molecule is COC(=O)c1ccc(N=C2S/C(=C\c3ccc(-c4cccc(F)c4)o3)C(=O)N2C)cc1. The number of amides is 1. The Hall–Kier alpha value is -3.65. The van der Waals surface area contributed by atoms with Gasteiger partial charge in [-0.3, -0.25) is 9.69 Å². The first-order valence-electron chi connectivity index (χ1n) is 9.25. The normalized spacial score (nSPS) is 16.4. The average molecular weight is 436 g/mol. The van der Waals surface area contributed by atoms with Crippen molar-refractivity contribution in [2.24, 2.45) is 4.99 Å². The maximum absolute atomic E-state index is 13.4. The molecule has 0 saturated carbocycles. The molecular formula is C23H17FN2O4S. The third-order valence-electron chi connectivity index (χ3n) is 4.53. The highest BCUT2D eigenvalue weighted by Crippen LogP contribution is 2.34. The van der Waals surface area contributed by atoms with Crippen LogP contribution in [0.5, 0.6) is 0 Å². The maximum atomic E-state index is 13.4. The van der Waals surface area contributed by atoms with E-state index in [-0.39, 0.29) is 11.7 Å². The van der Waals surface area contributed by atoms with Gasteiger partial charge in [-0.05, 0) is 60.3 Å². The number of ether oxygens (including phenoxy) is 1. The van der Waals surface area contributed by atoms with Crippen LogP contribution in [0.4, 0.5) is 10.1 Å². The molecule has 1 fully saturated rings. The topological polar surface area (TPSA) is 72.1 Å². The van der Waals surface area contributed by atoms with E-state index in [2.05, 4.69) is 9.73 Å². The van der Waals surface area contributed by atoms with Crippen molar-refractivity contribution in [3.63, 3.8) is 0 Å². The second-order valence-electron chi connectivity index (χ2n) is 6.62. The van der Waals surface area contributed by atoms with Crippen LogP contribution in [0.3, 0.4) is 0 Å². The highest BCUT2D eigenvalue weighted by molar-refractivity contribution is 8.18. The average Bonchev–Trinajstić information content (AvgIpc) is 3.35. The van der Waals surface area contributed by atoms with Gasteiger partial charge in [0.15, 0.2) is 5.17 Å². The first-order chi connectivity index (χ1) is 14.9. The van der Waals surface area contributed by atoms with E-state index in [1.807, 2.05) is 0 Å². The number of aliphatic imine (C=N–C) groups is 1. The van der Waals surface area contributed by atoms with Gasteiger partial charge >= 0.3 is 5.97 Å². The molecule has 0 radical (unpaired) electrons. The number of benzene rings is 2. The lowest BCUT2D eigenvalue weighted by atomic mass is 10.2. The van der Waals surface area contributed by atoms with Crippen LogP contribution in [0.15, 0.2) is 75.0 Å². The summed E-state index contributed by atoms with van der Waals surface area (Å²) in [5, 5.41) is 0.499. The lowest BCUT2D eigenvalue weighted by Crippen LogP contribution is -2.23. The van der Waals surface area contributed by atoms with Crippen LogP contribution >= 0.6 is 11.8 Å². The van der Waals surface area contributed by atoms with Crippen molar-refractivity contribution in [3.8, 4) is 11.3 Å². The number of hydrogen-bond acceptors (Lipinski definition) is 6. The van der Waals surface area contributed by atoms with Gasteiger partial charge in [-0.1, -0.05) is 12.1 Å². The lowest BCUT2D eigenvalue weighted by Gasteiger charge is -2.07. The van der Waals surface area contributed by atoms with E-state index in [9.17, 15) is 14.0 Å². The van der Waals surface area contributed by atoms with Gasteiger partial charge in [-0.2, -0.15) is 0 Å². The Bertz CT molecular complexity index is 1210. The Labute approximate surface area is 182 Å². The van der Waals surface area contributed by atoms with Gasteiger partial charge in [0.05, 0.1) is 23.3 Å². The summed E-state index contributed by atoms with van der Waals surface area (Å²) >= 11 is 1.21. The molecule has 0 aliphatic carbocycles. The Morgan fingerprint density at radius 3 is 2.65 bits per heavy atom. The number of hydrogen-bond donors (Lipinski definition) is 0. The van der Waals surface area contributed by atoms with E-state index >= 15 is 0 Å². The van der Waals surface area contributed by atoms with E-state index in [4.69, 9.17) is 4.42 Å². The van der Waals surface area contributed by atoms with Crippen LogP contribution in [0.25, 0.3) is 17.4 Å². The molecule has 0 atom stereocenters. The van der Waals surface area contributed by atoms with Crippen molar-refractivity contribution in [1.29, 1.82) is 0 Å². The van der Waals surface area contributed by atoms with Crippen LogP contribution in [0.2, 0.25) is 0 Å². The molecule has 156 valence electrons. The molecule has 3 aromatic rings. The molecule has 1 aliphatic rings. The van der Waals surface area contributed by atoms with Crippen LogP contribution in [0, 0.1) is 5.82 Å². The second-order valence-corrected chi connectivity index (χ2v) is 7.63. The number of amidine groups is 1. The minimum Gasteiger partial charge on any atom is -0.465 e. The van der Waals surface area contributed by atoms with Gasteiger partial charge in [0.2, 0.25) is 0 Å². The largest absolute Gasteiger partial charge is 0.465 e. The third-order valence-corrected chi connectivity index (χ3v) is 5.59. The molecule has 6 nitrogen and oxygen atoms in total. The minimum atomic E-state index is -0.428. The summed E-state index contributed by atoms with van der Waals surface area (Å²) in [6.07, 6.45) is 1.63. The van der Waals surface area contributed by atoms with Gasteiger partial charge < -0.3 is 9.15 Å². The zero-order valence-electron chi connectivity index (χ0n) is 16.7. The van der Waals surface area contributed by atoms with Crippen molar-refractivity contribution in [2.75, 3.05) is 14.2 Å². The molecule has 1 aliphatic heterocycles. The fourth-order valence-corrected chi connectivity index (χ4v) is 3.88. The summed E-state index contributed by atoms with van der Waals surface area (Å²) in [7, 11) is 2.96. The molecular weight excluding hydrogens is 419 g/mol. The van der Waals surface area contributed by atoms with Crippen molar-refractivity contribution in [2.45, 2.75) is 0 Å². The van der Waals surface area contributed by atoms with Crippen LogP contribution < -0.4 is 0 Å². The van der Waals surface area contributed by atoms with Gasteiger partial charge in [-0.25, -0.2) is 14.2 Å². The number of nitrogens with zero attached hydrogens (tertiary/aromatic N) is 2. The summed E-state index contributed by atoms with van der Waals surface area (Å²) in [5.41, 5.74) is 1.63. The quantitative estimate of drug-likeness (QED) is 0.420. The molecule has 2 heterocycles. The van der Waals surface area contributed by atoms with E-state index < -0.39 is 5.97 Å². The van der Waals surface area contributed by atoms with Crippen LogP contribution in [-0.4, -0.2) is 36.1 Å². The number of halogens is 1. The van der Waals surface area contributed by atoms with Crippen LogP contribution in [-0.2, 0) is 9.53 Å². The molecule has 0 bridgehead atoms. The number of likely N-dealkylation sites (N-methyl/N-ethyl adjacent to an activating group) is 1. The number of esters is 1. The zero-order valence-corrected chi connectivity index (χ0v) is 17.5. The molecule has 31 heavy (non-hydrogen) atoms. The summed E-state index contributed by atoms with van der Waals surface area (Å²) < 4.78 is 23.9. The third kappa shape index (κ3) is 4.44. The minimum absolute atomic E-state index is 0.210. The second kappa shape index (κ2) is 8.61. The smallest absolute Gasteiger partial charge is 0.337 e. The predicted molar refractivity (Wildman–Crippen MR) is 117 cm³/mol. The molecule has 2 aromatic carbocycles. The first kappa shape index (κ1) is 20.6. The van der Waals surface area contributed by atoms with Crippen molar-refractivity contribution < 1.29 is 23.1 Å². The molecule has 4 rings (SSSR count). The fourth-order valence-electron chi connectivity index (χ4n) is 2.91.